The van der Waals surface area contributed by atoms with Crippen molar-refractivity contribution < 1.29 is 22.7 Å². The summed E-state index contributed by atoms with van der Waals surface area (Å²) in [7, 11) is -3.77. The summed E-state index contributed by atoms with van der Waals surface area (Å²) in [6.07, 6.45) is 2.93. The highest BCUT2D eigenvalue weighted by Crippen LogP contribution is 2.29. The maximum Gasteiger partial charge on any atom is 0.316 e. The fourth-order valence-electron chi connectivity index (χ4n) is 2.71. The van der Waals surface area contributed by atoms with E-state index in [1.165, 1.54) is 24.6 Å². The Bertz CT molecular complexity index is 1010. The number of oxazole rings is 1. The van der Waals surface area contributed by atoms with E-state index in [2.05, 4.69) is 4.98 Å². The van der Waals surface area contributed by atoms with Crippen molar-refractivity contribution >= 4 is 16.0 Å². The van der Waals surface area contributed by atoms with Crippen LogP contribution in [0.25, 0.3) is 11.1 Å². The highest BCUT2D eigenvalue weighted by Gasteiger charge is 2.25. The molecule has 0 aliphatic carbocycles. The number of hydrogen-bond acceptors (Lipinski definition) is 5. The van der Waals surface area contributed by atoms with Crippen LogP contribution in [0, 0.1) is 0 Å². The lowest BCUT2D eigenvalue weighted by molar-refractivity contribution is -0.139. The van der Waals surface area contributed by atoms with Crippen molar-refractivity contribution in [2.75, 3.05) is 0 Å². The fourth-order valence-corrected chi connectivity index (χ4v) is 3.23. The second kappa shape index (κ2) is 7.11. The van der Waals surface area contributed by atoms with E-state index in [9.17, 15) is 18.3 Å². The lowest BCUT2D eigenvalue weighted by atomic mass is 9.92. The highest BCUT2D eigenvalue weighted by molar-refractivity contribution is 7.89. The summed E-state index contributed by atoms with van der Waals surface area (Å²) in [4.78, 5) is 15.6. The SMILES string of the molecule is NS(=O)(=O)c1ccc(-c2ccccc2CC(C(=O)O)c2ncco2)cc1. The zero-order valence-corrected chi connectivity index (χ0v) is 14.4. The van der Waals surface area contributed by atoms with E-state index in [-0.39, 0.29) is 17.2 Å². The second-order valence-electron chi connectivity index (χ2n) is 5.69. The first-order valence-corrected chi connectivity index (χ1v) is 9.24. The van der Waals surface area contributed by atoms with Gasteiger partial charge in [0.2, 0.25) is 15.9 Å². The van der Waals surface area contributed by atoms with Crippen molar-refractivity contribution in [3.63, 3.8) is 0 Å². The Morgan fingerprint density at radius 2 is 1.85 bits per heavy atom. The van der Waals surface area contributed by atoms with E-state index >= 15 is 0 Å². The van der Waals surface area contributed by atoms with Gasteiger partial charge in [0, 0.05) is 0 Å². The maximum atomic E-state index is 11.6. The van der Waals surface area contributed by atoms with E-state index in [0.29, 0.717) is 0 Å². The van der Waals surface area contributed by atoms with Crippen LogP contribution in [0.5, 0.6) is 0 Å². The number of carboxylic acids is 1. The Morgan fingerprint density at radius 1 is 1.15 bits per heavy atom. The number of aliphatic carboxylic acids is 1. The summed E-state index contributed by atoms with van der Waals surface area (Å²) in [5.41, 5.74) is 2.33. The van der Waals surface area contributed by atoms with Crippen LogP contribution in [0.15, 0.2) is 70.3 Å². The molecule has 7 nitrogen and oxygen atoms in total. The monoisotopic (exact) mass is 372 g/mol. The molecule has 2 aromatic carbocycles. The summed E-state index contributed by atoms with van der Waals surface area (Å²) in [5, 5.41) is 14.6. The predicted molar refractivity (Wildman–Crippen MR) is 93.8 cm³/mol. The standard InChI is InChI=1S/C18H16N2O5S/c19-26(23,24)14-7-5-12(6-8-14)15-4-2-1-3-13(15)11-16(18(21)22)17-20-9-10-25-17/h1-10,16H,11H2,(H,21,22)(H2,19,23,24). The lowest BCUT2D eigenvalue weighted by Crippen LogP contribution is -2.15. The van der Waals surface area contributed by atoms with Gasteiger partial charge in [-0.3, -0.25) is 4.79 Å². The van der Waals surface area contributed by atoms with Crippen LogP contribution in [0.2, 0.25) is 0 Å². The molecule has 1 aromatic heterocycles. The van der Waals surface area contributed by atoms with Gasteiger partial charge < -0.3 is 9.52 Å². The Kier molecular flexibility index (Phi) is 4.88. The Balaban J connectivity index is 1.97. The van der Waals surface area contributed by atoms with Crippen molar-refractivity contribution in [3.05, 3.63) is 72.4 Å². The van der Waals surface area contributed by atoms with Gasteiger partial charge >= 0.3 is 5.97 Å². The second-order valence-corrected chi connectivity index (χ2v) is 7.25. The number of benzene rings is 2. The van der Waals surface area contributed by atoms with Gasteiger partial charge in [-0.25, -0.2) is 18.5 Å². The first kappa shape index (κ1) is 17.8. The van der Waals surface area contributed by atoms with Gasteiger partial charge in [0.15, 0.2) is 0 Å². The highest BCUT2D eigenvalue weighted by atomic mass is 32.2. The van der Waals surface area contributed by atoms with Crippen LogP contribution < -0.4 is 5.14 Å². The number of carboxylic acid groups (broad SMARTS) is 1. The number of primary sulfonamides is 1. The predicted octanol–water partition coefficient (Wildman–Crippen LogP) is 2.40. The molecule has 0 saturated carbocycles. The van der Waals surface area contributed by atoms with Gasteiger partial charge in [-0.05, 0) is 35.2 Å². The van der Waals surface area contributed by atoms with Crippen LogP contribution in [0.4, 0.5) is 0 Å². The smallest absolute Gasteiger partial charge is 0.316 e. The number of aromatic nitrogens is 1. The summed E-state index contributed by atoms with van der Waals surface area (Å²) in [6.45, 7) is 0. The number of nitrogens with zero attached hydrogens (tertiary/aromatic N) is 1. The van der Waals surface area contributed by atoms with Crippen molar-refractivity contribution in [3.8, 4) is 11.1 Å². The van der Waals surface area contributed by atoms with Crippen LogP contribution in [0.1, 0.15) is 17.4 Å². The number of carbonyl (C=O) groups is 1. The molecule has 1 unspecified atom stereocenters. The molecule has 8 heteroatoms. The van der Waals surface area contributed by atoms with Crippen LogP contribution in [0.3, 0.4) is 0 Å². The Morgan fingerprint density at radius 3 is 2.42 bits per heavy atom. The van der Waals surface area contributed by atoms with Gasteiger partial charge in [0.05, 0.1) is 11.1 Å². The molecule has 26 heavy (non-hydrogen) atoms. The van der Waals surface area contributed by atoms with Crippen molar-refractivity contribution in [1.82, 2.24) is 4.98 Å². The number of sulfonamides is 1. The van der Waals surface area contributed by atoms with Crippen LogP contribution >= 0.6 is 0 Å². The number of nitrogens with two attached hydrogens (primary N) is 1. The molecular formula is C18H16N2O5S. The minimum Gasteiger partial charge on any atom is -0.481 e. The molecular weight excluding hydrogens is 356 g/mol. The first-order valence-electron chi connectivity index (χ1n) is 7.69. The molecule has 0 aliphatic rings. The van der Waals surface area contributed by atoms with Gasteiger partial charge in [-0.1, -0.05) is 36.4 Å². The van der Waals surface area contributed by atoms with Crippen molar-refractivity contribution in [2.24, 2.45) is 5.14 Å². The van der Waals surface area contributed by atoms with E-state index in [4.69, 9.17) is 9.56 Å². The molecule has 0 radical (unpaired) electrons. The molecule has 0 saturated heterocycles. The van der Waals surface area contributed by atoms with Crippen LogP contribution in [-0.2, 0) is 21.2 Å². The average molecular weight is 372 g/mol. The minimum atomic E-state index is -3.77. The summed E-state index contributed by atoms with van der Waals surface area (Å²) in [6, 6.07) is 13.4. The van der Waals surface area contributed by atoms with Gasteiger partial charge in [0.1, 0.15) is 12.2 Å². The molecule has 134 valence electrons. The molecule has 0 fully saturated rings. The summed E-state index contributed by atoms with van der Waals surface area (Å²) in [5.74, 6) is -1.82. The summed E-state index contributed by atoms with van der Waals surface area (Å²) < 4.78 is 27.9. The Hall–Kier alpha value is -2.97. The van der Waals surface area contributed by atoms with E-state index in [1.807, 2.05) is 24.3 Å². The molecule has 1 atom stereocenters. The quantitative estimate of drug-likeness (QED) is 0.685. The zero-order chi connectivity index (χ0) is 18.7. The van der Waals surface area contributed by atoms with Gasteiger partial charge in [-0.15, -0.1) is 0 Å². The molecule has 0 aliphatic heterocycles. The number of rotatable bonds is 6. The zero-order valence-electron chi connectivity index (χ0n) is 13.6. The molecule has 3 rings (SSSR count). The van der Waals surface area contributed by atoms with E-state index < -0.39 is 21.9 Å². The van der Waals surface area contributed by atoms with Crippen molar-refractivity contribution in [2.45, 2.75) is 17.2 Å². The topological polar surface area (TPSA) is 123 Å². The van der Waals surface area contributed by atoms with Crippen molar-refractivity contribution in [1.29, 1.82) is 0 Å². The van der Waals surface area contributed by atoms with Gasteiger partial charge in [0.25, 0.3) is 0 Å². The first-order chi connectivity index (χ1) is 12.4. The Labute approximate surface area is 150 Å². The minimum absolute atomic E-state index is 0.0157. The van der Waals surface area contributed by atoms with E-state index in [0.717, 1.165) is 16.7 Å². The third-order valence-corrected chi connectivity index (χ3v) is 4.91. The molecule has 0 spiro atoms. The molecule has 0 amide bonds. The molecule has 1 heterocycles. The van der Waals surface area contributed by atoms with Crippen LogP contribution in [-0.4, -0.2) is 24.5 Å². The third-order valence-electron chi connectivity index (χ3n) is 3.98. The number of hydrogen-bond donors (Lipinski definition) is 2. The largest absolute Gasteiger partial charge is 0.481 e. The van der Waals surface area contributed by atoms with E-state index in [1.54, 1.807) is 12.1 Å². The average Bonchev–Trinajstić information content (AvgIpc) is 3.13. The lowest BCUT2D eigenvalue weighted by Gasteiger charge is -2.13. The maximum absolute atomic E-state index is 11.6. The van der Waals surface area contributed by atoms with Gasteiger partial charge in [-0.2, -0.15) is 0 Å². The molecule has 3 aromatic rings. The fraction of sp³-hybridized carbons (Fsp3) is 0.111. The third kappa shape index (κ3) is 3.81. The summed E-state index contributed by atoms with van der Waals surface area (Å²) >= 11 is 0. The molecule has 3 N–H and O–H groups in total. The molecule has 0 bridgehead atoms. The normalized spacial score (nSPS) is 12.7.